The molecular weight excluding hydrogens is 305 g/mol. The molecule has 0 unspecified atom stereocenters. The summed E-state index contributed by atoms with van der Waals surface area (Å²) < 4.78 is 21.0. The Bertz CT molecular complexity index is 851. The summed E-state index contributed by atoms with van der Waals surface area (Å²) in [7, 11) is 0. The fourth-order valence-corrected chi connectivity index (χ4v) is 3.14. The third-order valence-corrected chi connectivity index (χ3v) is 4.42. The van der Waals surface area contributed by atoms with Gasteiger partial charge in [0, 0.05) is 24.9 Å². The van der Waals surface area contributed by atoms with E-state index in [4.69, 9.17) is 9.72 Å². The molecule has 1 N–H and O–H groups in total. The van der Waals surface area contributed by atoms with Gasteiger partial charge in [0.05, 0.1) is 6.10 Å². The summed E-state index contributed by atoms with van der Waals surface area (Å²) in [6, 6.07) is 10.6. The Hall–Kier alpha value is -2.40. The number of fused-ring (bicyclic) bond motifs is 1. The monoisotopic (exact) mass is 325 g/mol. The van der Waals surface area contributed by atoms with Gasteiger partial charge >= 0.3 is 0 Å². The van der Waals surface area contributed by atoms with Crippen LogP contribution in [0.3, 0.4) is 0 Å². The molecular formula is C19H20FN3O. The standard InChI is InChI=1S/C19H20FN3O/c1-13-8-9-23-17(11-13)22-18(14-4-6-15(20)7-5-14)19(23)21-12-16-3-2-10-24-16/h4-9,11,16,21H,2-3,10,12H2,1H3/t16-/m0/s1. The Kier molecular flexibility index (Phi) is 3.94. The van der Waals surface area contributed by atoms with Crippen LogP contribution in [0.1, 0.15) is 18.4 Å². The molecule has 1 aliphatic rings. The average Bonchev–Trinajstić information content (AvgIpc) is 3.20. The molecule has 5 heteroatoms. The Morgan fingerprint density at radius 2 is 2.12 bits per heavy atom. The van der Waals surface area contributed by atoms with E-state index in [1.807, 2.05) is 23.6 Å². The number of aromatic nitrogens is 2. The molecule has 1 fully saturated rings. The Balaban J connectivity index is 1.75. The van der Waals surface area contributed by atoms with Crippen molar-refractivity contribution in [3.05, 3.63) is 54.0 Å². The summed E-state index contributed by atoms with van der Waals surface area (Å²) in [5, 5.41) is 3.49. The summed E-state index contributed by atoms with van der Waals surface area (Å²) in [5.74, 6) is 0.680. The number of halogens is 1. The maximum absolute atomic E-state index is 13.3. The quantitative estimate of drug-likeness (QED) is 0.787. The fraction of sp³-hybridized carbons (Fsp3) is 0.316. The van der Waals surface area contributed by atoms with Gasteiger partial charge < -0.3 is 10.1 Å². The Morgan fingerprint density at radius 3 is 2.88 bits per heavy atom. The number of rotatable bonds is 4. The van der Waals surface area contributed by atoms with E-state index in [2.05, 4.69) is 11.4 Å². The van der Waals surface area contributed by atoms with Crippen molar-refractivity contribution in [2.45, 2.75) is 25.9 Å². The van der Waals surface area contributed by atoms with Gasteiger partial charge in [-0.3, -0.25) is 4.40 Å². The van der Waals surface area contributed by atoms with Crippen LogP contribution >= 0.6 is 0 Å². The number of pyridine rings is 1. The van der Waals surface area contributed by atoms with Gasteiger partial charge in [0.2, 0.25) is 0 Å². The molecule has 2 aromatic heterocycles. The molecule has 3 heterocycles. The number of imidazole rings is 1. The number of ether oxygens (including phenoxy) is 1. The second-order valence-corrected chi connectivity index (χ2v) is 6.26. The van der Waals surface area contributed by atoms with E-state index in [0.717, 1.165) is 54.3 Å². The lowest BCUT2D eigenvalue weighted by atomic mass is 10.1. The van der Waals surface area contributed by atoms with E-state index in [9.17, 15) is 4.39 Å². The van der Waals surface area contributed by atoms with Crippen LogP contribution in [0.4, 0.5) is 10.2 Å². The third-order valence-electron chi connectivity index (χ3n) is 4.42. The smallest absolute Gasteiger partial charge is 0.139 e. The second kappa shape index (κ2) is 6.24. The van der Waals surface area contributed by atoms with Crippen LogP contribution in [0.25, 0.3) is 16.9 Å². The van der Waals surface area contributed by atoms with Crippen molar-refractivity contribution < 1.29 is 9.13 Å². The van der Waals surface area contributed by atoms with Crippen LogP contribution in [0, 0.1) is 12.7 Å². The highest BCUT2D eigenvalue weighted by Crippen LogP contribution is 2.29. The third kappa shape index (κ3) is 2.87. The minimum Gasteiger partial charge on any atom is -0.376 e. The van der Waals surface area contributed by atoms with E-state index >= 15 is 0 Å². The number of anilines is 1. The molecule has 0 saturated carbocycles. The highest BCUT2D eigenvalue weighted by molar-refractivity contribution is 5.76. The van der Waals surface area contributed by atoms with Gasteiger partial charge in [-0.05, 0) is 61.7 Å². The van der Waals surface area contributed by atoms with Crippen LogP contribution in [-0.4, -0.2) is 28.6 Å². The maximum atomic E-state index is 13.3. The highest BCUT2D eigenvalue weighted by Gasteiger charge is 2.19. The summed E-state index contributed by atoms with van der Waals surface area (Å²) >= 11 is 0. The summed E-state index contributed by atoms with van der Waals surface area (Å²) in [4.78, 5) is 4.76. The molecule has 0 aliphatic carbocycles. The molecule has 1 saturated heterocycles. The number of benzene rings is 1. The first kappa shape index (κ1) is 15.1. The zero-order valence-corrected chi connectivity index (χ0v) is 13.6. The van der Waals surface area contributed by atoms with Crippen LogP contribution in [0.5, 0.6) is 0 Å². The number of hydrogen-bond donors (Lipinski definition) is 1. The topological polar surface area (TPSA) is 38.6 Å². The predicted octanol–water partition coefficient (Wildman–Crippen LogP) is 4.04. The summed E-state index contributed by atoms with van der Waals surface area (Å²) in [6.45, 7) is 3.63. The van der Waals surface area contributed by atoms with Crippen LogP contribution in [0.15, 0.2) is 42.6 Å². The number of nitrogens with zero attached hydrogens (tertiary/aromatic N) is 2. The van der Waals surface area contributed by atoms with E-state index < -0.39 is 0 Å². The lowest BCUT2D eigenvalue weighted by Gasteiger charge is -2.13. The first-order valence-electron chi connectivity index (χ1n) is 8.31. The number of hydrogen-bond acceptors (Lipinski definition) is 3. The van der Waals surface area contributed by atoms with Crippen molar-refractivity contribution in [1.82, 2.24) is 9.38 Å². The van der Waals surface area contributed by atoms with Crippen molar-refractivity contribution in [2.75, 3.05) is 18.5 Å². The molecule has 1 aromatic carbocycles. The Morgan fingerprint density at radius 1 is 1.29 bits per heavy atom. The van der Waals surface area contributed by atoms with Gasteiger partial charge in [-0.2, -0.15) is 0 Å². The second-order valence-electron chi connectivity index (χ2n) is 6.26. The van der Waals surface area contributed by atoms with Crippen molar-refractivity contribution >= 4 is 11.5 Å². The summed E-state index contributed by atoms with van der Waals surface area (Å²) in [5.41, 5.74) is 3.76. The van der Waals surface area contributed by atoms with Gasteiger partial charge in [-0.1, -0.05) is 0 Å². The lowest BCUT2D eigenvalue weighted by molar-refractivity contribution is 0.120. The molecule has 0 radical (unpaired) electrons. The SMILES string of the molecule is Cc1ccn2c(NC[C@@H]3CCCO3)c(-c3ccc(F)cc3)nc2c1. The van der Waals surface area contributed by atoms with E-state index in [1.54, 1.807) is 12.1 Å². The largest absolute Gasteiger partial charge is 0.376 e. The van der Waals surface area contributed by atoms with E-state index in [-0.39, 0.29) is 11.9 Å². The van der Waals surface area contributed by atoms with E-state index in [0.29, 0.717) is 0 Å². The average molecular weight is 325 g/mol. The molecule has 24 heavy (non-hydrogen) atoms. The molecule has 0 amide bonds. The molecule has 124 valence electrons. The minimum absolute atomic E-state index is 0.238. The van der Waals surface area contributed by atoms with Gasteiger partial charge in [0.25, 0.3) is 0 Å². The van der Waals surface area contributed by atoms with Crippen LogP contribution in [-0.2, 0) is 4.74 Å². The zero-order chi connectivity index (χ0) is 16.5. The predicted molar refractivity (Wildman–Crippen MR) is 92.8 cm³/mol. The maximum Gasteiger partial charge on any atom is 0.139 e. The zero-order valence-electron chi connectivity index (χ0n) is 13.6. The molecule has 1 atom stereocenters. The van der Waals surface area contributed by atoms with Gasteiger partial charge in [-0.25, -0.2) is 9.37 Å². The minimum atomic E-state index is -0.243. The van der Waals surface area contributed by atoms with Crippen molar-refractivity contribution in [3.63, 3.8) is 0 Å². The molecule has 0 bridgehead atoms. The molecule has 0 spiro atoms. The number of nitrogens with one attached hydrogen (secondary N) is 1. The Labute approximate surface area is 140 Å². The molecule has 4 nitrogen and oxygen atoms in total. The number of aryl methyl sites for hydroxylation is 1. The first-order chi connectivity index (χ1) is 11.7. The van der Waals surface area contributed by atoms with Gasteiger partial charge in [0.1, 0.15) is 23.0 Å². The van der Waals surface area contributed by atoms with Gasteiger partial charge in [-0.15, -0.1) is 0 Å². The van der Waals surface area contributed by atoms with Crippen LogP contribution in [0.2, 0.25) is 0 Å². The molecule has 4 rings (SSSR count). The first-order valence-corrected chi connectivity index (χ1v) is 8.31. The highest BCUT2D eigenvalue weighted by atomic mass is 19.1. The van der Waals surface area contributed by atoms with Crippen molar-refractivity contribution in [1.29, 1.82) is 0 Å². The van der Waals surface area contributed by atoms with Gasteiger partial charge in [0.15, 0.2) is 0 Å². The normalized spacial score (nSPS) is 17.5. The summed E-state index contributed by atoms with van der Waals surface area (Å²) in [6.07, 6.45) is 4.45. The fourth-order valence-electron chi connectivity index (χ4n) is 3.14. The lowest BCUT2D eigenvalue weighted by Crippen LogP contribution is -2.19. The van der Waals surface area contributed by atoms with Crippen molar-refractivity contribution in [2.24, 2.45) is 0 Å². The van der Waals surface area contributed by atoms with E-state index in [1.165, 1.54) is 12.1 Å². The van der Waals surface area contributed by atoms with Crippen molar-refractivity contribution in [3.8, 4) is 11.3 Å². The van der Waals surface area contributed by atoms with Crippen LogP contribution < -0.4 is 5.32 Å². The molecule has 3 aromatic rings. The molecule has 1 aliphatic heterocycles.